The van der Waals surface area contributed by atoms with E-state index in [9.17, 15) is 0 Å². The third kappa shape index (κ3) is 3.95. The first-order chi connectivity index (χ1) is 8.08. The van der Waals surface area contributed by atoms with Gasteiger partial charge in [0, 0.05) is 23.2 Å². The van der Waals surface area contributed by atoms with Gasteiger partial charge in [0.1, 0.15) is 18.1 Å². The van der Waals surface area contributed by atoms with E-state index in [0.29, 0.717) is 6.61 Å². The van der Waals surface area contributed by atoms with Crippen molar-refractivity contribution in [3.05, 3.63) is 34.9 Å². The molecule has 0 saturated heterocycles. The summed E-state index contributed by atoms with van der Waals surface area (Å²) in [5.41, 5.74) is 9.29. The summed E-state index contributed by atoms with van der Waals surface area (Å²) < 4.78 is 10.8. The van der Waals surface area contributed by atoms with Crippen molar-refractivity contribution < 1.29 is 9.47 Å². The molecular weight excluding hydrogens is 238 g/mol. The van der Waals surface area contributed by atoms with E-state index in [2.05, 4.69) is 0 Å². The van der Waals surface area contributed by atoms with Crippen molar-refractivity contribution in [2.75, 3.05) is 13.7 Å². The Bertz CT molecular complexity index is 402. The van der Waals surface area contributed by atoms with Crippen LogP contribution in [0.15, 0.2) is 29.3 Å². The first-order valence-corrected chi connectivity index (χ1v) is 5.84. The molecule has 1 atom stereocenters. The highest BCUT2D eigenvalue weighted by atomic mass is 35.5. The normalized spacial score (nSPS) is 13.4. The van der Waals surface area contributed by atoms with Gasteiger partial charge in [0.2, 0.25) is 0 Å². The number of nitrogens with two attached hydrogens (primary N) is 1. The van der Waals surface area contributed by atoms with Crippen LogP contribution in [-0.4, -0.2) is 13.7 Å². The Morgan fingerprint density at radius 1 is 1.53 bits per heavy atom. The summed E-state index contributed by atoms with van der Waals surface area (Å²) in [4.78, 5) is 0. The highest BCUT2D eigenvalue weighted by Crippen LogP contribution is 2.28. The summed E-state index contributed by atoms with van der Waals surface area (Å²) in [6, 6.07) is 5.53. The fraction of sp³-hybridized carbons (Fsp3) is 0.385. The lowest BCUT2D eigenvalue weighted by molar-refractivity contribution is 0.342. The first kappa shape index (κ1) is 13.9. The number of hydrogen-bond acceptors (Lipinski definition) is 3. The summed E-state index contributed by atoms with van der Waals surface area (Å²) in [7, 11) is 1.62. The Morgan fingerprint density at radius 2 is 2.24 bits per heavy atom. The van der Waals surface area contributed by atoms with Gasteiger partial charge in [-0.3, -0.25) is 0 Å². The average Bonchev–Trinajstić information content (AvgIpc) is 2.35. The molecule has 0 amide bonds. The van der Waals surface area contributed by atoms with Gasteiger partial charge in [-0.25, -0.2) is 0 Å². The van der Waals surface area contributed by atoms with Crippen molar-refractivity contribution in [3.63, 3.8) is 0 Å². The molecule has 0 aliphatic rings. The molecule has 1 aromatic carbocycles. The maximum absolute atomic E-state index is 5.88. The van der Waals surface area contributed by atoms with E-state index >= 15 is 0 Å². The zero-order chi connectivity index (χ0) is 12.8. The van der Waals surface area contributed by atoms with Crippen molar-refractivity contribution in [3.8, 4) is 11.5 Å². The number of ether oxygens (including phenoxy) is 2. The summed E-state index contributed by atoms with van der Waals surface area (Å²) >= 11 is 5.59. The molecule has 0 saturated carbocycles. The van der Waals surface area contributed by atoms with Gasteiger partial charge in [-0.1, -0.05) is 17.7 Å². The molecule has 1 rings (SSSR count). The van der Waals surface area contributed by atoms with Crippen molar-refractivity contribution >= 4 is 11.6 Å². The van der Waals surface area contributed by atoms with Crippen molar-refractivity contribution in [1.29, 1.82) is 0 Å². The largest absolute Gasteiger partial charge is 0.497 e. The van der Waals surface area contributed by atoms with Crippen LogP contribution in [0.3, 0.4) is 0 Å². The van der Waals surface area contributed by atoms with E-state index in [0.717, 1.165) is 22.6 Å². The molecule has 0 spiro atoms. The van der Waals surface area contributed by atoms with E-state index in [1.165, 1.54) is 5.54 Å². The molecule has 0 heterocycles. The van der Waals surface area contributed by atoms with Gasteiger partial charge in [0.15, 0.2) is 0 Å². The molecule has 3 nitrogen and oxygen atoms in total. The molecule has 94 valence electrons. The second-order valence-corrected chi connectivity index (χ2v) is 4.15. The monoisotopic (exact) mass is 255 g/mol. The average molecular weight is 256 g/mol. The Kier molecular flexibility index (Phi) is 5.32. The molecule has 0 aromatic heterocycles. The van der Waals surface area contributed by atoms with Crippen LogP contribution < -0.4 is 15.2 Å². The second kappa shape index (κ2) is 6.52. The topological polar surface area (TPSA) is 44.5 Å². The number of hydrogen-bond donors (Lipinski definition) is 1. The van der Waals surface area contributed by atoms with Crippen LogP contribution in [0.2, 0.25) is 0 Å². The van der Waals surface area contributed by atoms with Gasteiger partial charge in [-0.2, -0.15) is 0 Å². The number of rotatable bonds is 5. The Hall–Kier alpha value is -1.19. The van der Waals surface area contributed by atoms with Gasteiger partial charge in [-0.05, 0) is 25.5 Å². The standard InChI is InChI=1S/C13H18ClNO2/c1-9(7-14)8-17-13-6-11(16-3)4-5-12(13)10(2)15/h4-7,10H,8,15H2,1-3H3/b9-7+/t10-/m0/s1. The summed E-state index contributed by atoms with van der Waals surface area (Å²) in [5.74, 6) is 1.48. The molecule has 4 heteroatoms. The summed E-state index contributed by atoms with van der Waals surface area (Å²) in [5, 5.41) is 0. The molecule has 0 bridgehead atoms. The molecule has 0 unspecified atom stereocenters. The Balaban J connectivity index is 2.93. The van der Waals surface area contributed by atoms with Crippen LogP contribution in [-0.2, 0) is 0 Å². The minimum atomic E-state index is -0.0869. The quantitative estimate of drug-likeness (QED) is 0.879. The van der Waals surface area contributed by atoms with Crippen LogP contribution >= 0.6 is 11.6 Å². The van der Waals surface area contributed by atoms with Gasteiger partial charge in [0.05, 0.1) is 7.11 Å². The van der Waals surface area contributed by atoms with Gasteiger partial charge in [-0.15, -0.1) is 0 Å². The smallest absolute Gasteiger partial charge is 0.128 e. The van der Waals surface area contributed by atoms with E-state index in [4.69, 9.17) is 26.8 Å². The Labute approximate surface area is 107 Å². The second-order valence-electron chi connectivity index (χ2n) is 3.94. The third-order valence-corrected chi connectivity index (χ3v) is 2.73. The van der Waals surface area contributed by atoms with Crippen molar-refractivity contribution in [2.24, 2.45) is 5.73 Å². The highest BCUT2D eigenvalue weighted by Gasteiger charge is 2.09. The maximum Gasteiger partial charge on any atom is 0.128 e. The lowest BCUT2D eigenvalue weighted by atomic mass is 10.1. The molecule has 0 aliphatic carbocycles. The number of methoxy groups -OCH3 is 1. The van der Waals surface area contributed by atoms with Crippen LogP contribution in [0.5, 0.6) is 11.5 Å². The maximum atomic E-state index is 5.88. The predicted molar refractivity (Wildman–Crippen MR) is 70.7 cm³/mol. The molecule has 17 heavy (non-hydrogen) atoms. The van der Waals surface area contributed by atoms with Crippen molar-refractivity contribution in [2.45, 2.75) is 19.9 Å². The first-order valence-electron chi connectivity index (χ1n) is 5.40. The minimum Gasteiger partial charge on any atom is -0.497 e. The van der Waals surface area contributed by atoms with Crippen LogP contribution in [0.25, 0.3) is 0 Å². The third-order valence-electron chi connectivity index (χ3n) is 2.35. The van der Waals surface area contributed by atoms with E-state index in [1.54, 1.807) is 7.11 Å². The predicted octanol–water partition coefficient (Wildman–Crippen LogP) is 3.24. The fourth-order valence-electron chi connectivity index (χ4n) is 1.37. The number of benzene rings is 1. The molecule has 0 fully saturated rings. The highest BCUT2D eigenvalue weighted by molar-refractivity contribution is 6.25. The van der Waals surface area contributed by atoms with Crippen LogP contribution in [0, 0.1) is 0 Å². The van der Waals surface area contributed by atoms with Crippen LogP contribution in [0.1, 0.15) is 25.5 Å². The molecule has 1 aromatic rings. The van der Waals surface area contributed by atoms with Gasteiger partial charge >= 0.3 is 0 Å². The van der Waals surface area contributed by atoms with Crippen LogP contribution in [0.4, 0.5) is 0 Å². The lowest BCUT2D eigenvalue weighted by Gasteiger charge is -2.15. The molecule has 2 N–H and O–H groups in total. The Morgan fingerprint density at radius 3 is 2.76 bits per heavy atom. The SMILES string of the molecule is COc1ccc([C@H](C)N)c(OC/C(C)=C/Cl)c1. The molecule has 0 radical (unpaired) electrons. The molecular formula is C13H18ClNO2. The summed E-state index contributed by atoms with van der Waals surface area (Å²) in [6.45, 7) is 4.26. The zero-order valence-corrected chi connectivity index (χ0v) is 11.1. The summed E-state index contributed by atoms with van der Waals surface area (Å²) in [6.07, 6.45) is 0. The van der Waals surface area contributed by atoms with Gasteiger partial charge < -0.3 is 15.2 Å². The molecule has 0 aliphatic heterocycles. The van der Waals surface area contributed by atoms with Gasteiger partial charge in [0.25, 0.3) is 0 Å². The lowest BCUT2D eigenvalue weighted by Crippen LogP contribution is -2.09. The van der Waals surface area contributed by atoms with E-state index in [-0.39, 0.29) is 6.04 Å². The van der Waals surface area contributed by atoms with E-state index < -0.39 is 0 Å². The fourth-order valence-corrected chi connectivity index (χ4v) is 1.43. The minimum absolute atomic E-state index is 0.0869. The van der Waals surface area contributed by atoms with E-state index in [1.807, 2.05) is 32.0 Å². The van der Waals surface area contributed by atoms with Crippen molar-refractivity contribution in [1.82, 2.24) is 0 Å². The zero-order valence-electron chi connectivity index (χ0n) is 10.4. The number of halogens is 1.